The van der Waals surface area contributed by atoms with Crippen LogP contribution in [0.2, 0.25) is 0 Å². The smallest absolute Gasteiger partial charge is 0.142 e. The number of carbonyl (C=O) groups is 1. The summed E-state index contributed by atoms with van der Waals surface area (Å²) in [5.74, 6) is 1.21. The van der Waals surface area contributed by atoms with Gasteiger partial charge in [0.05, 0.1) is 12.2 Å². The Morgan fingerprint density at radius 3 is 2.28 bits per heavy atom. The molecule has 102 valence electrons. The Labute approximate surface area is 109 Å². The molecule has 4 saturated carbocycles. The van der Waals surface area contributed by atoms with Gasteiger partial charge in [0.25, 0.3) is 0 Å². The van der Waals surface area contributed by atoms with Crippen LogP contribution in [0, 0.1) is 34.5 Å². The fraction of sp³-hybridized carbons (Fsp3) is 0.933. The molecular formula is C15H24O3. The summed E-state index contributed by atoms with van der Waals surface area (Å²) >= 11 is 0. The molecule has 4 fully saturated rings. The average molecular weight is 252 g/mol. The molecule has 0 spiro atoms. The number of Topliss-reactive ketones (excluding diaryl/α,β-unsaturated/α-hetero) is 1. The molecule has 0 aliphatic heterocycles. The molecule has 0 aromatic heterocycles. The highest BCUT2D eigenvalue weighted by atomic mass is 16.3. The van der Waals surface area contributed by atoms with Crippen LogP contribution < -0.4 is 0 Å². The second-order valence-corrected chi connectivity index (χ2v) is 7.60. The molecule has 3 nitrogen and oxygen atoms in total. The van der Waals surface area contributed by atoms with E-state index in [1.54, 1.807) is 0 Å². The van der Waals surface area contributed by atoms with Crippen LogP contribution in [0.25, 0.3) is 0 Å². The SMILES string of the molecule is C[C@H]1C[C@@H](O)[C@@H]2[C@H]3[C@H]1[C@@]2(C)C(=O)C[C@H](O)C3(C)C. The molecule has 0 unspecified atom stereocenters. The Hall–Kier alpha value is -0.410. The van der Waals surface area contributed by atoms with Crippen molar-refractivity contribution in [1.82, 2.24) is 0 Å². The summed E-state index contributed by atoms with van der Waals surface area (Å²) in [7, 11) is 0. The Morgan fingerprint density at radius 1 is 1.11 bits per heavy atom. The molecule has 0 aromatic rings. The lowest BCUT2D eigenvalue weighted by atomic mass is 9.35. The minimum Gasteiger partial charge on any atom is -0.393 e. The number of aliphatic hydroxyl groups is 2. The van der Waals surface area contributed by atoms with Gasteiger partial charge in [0.2, 0.25) is 0 Å². The summed E-state index contributed by atoms with van der Waals surface area (Å²) < 4.78 is 0. The zero-order valence-corrected chi connectivity index (χ0v) is 11.7. The normalized spacial score (nSPS) is 57.8. The van der Waals surface area contributed by atoms with Crippen molar-refractivity contribution in [2.75, 3.05) is 0 Å². The first-order valence-corrected chi connectivity index (χ1v) is 7.11. The minimum atomic E-state index is -0.568. The summed E-state index contributed by atoms with van der Waals surface area (Å²) in [6.07, 6.45) is 0.114. The van der Waals surface area contributed by atoms with Crippen molar-refractivity contribution in [3.05, 3.63) is 0 Å². The van der Waals surface area contributed by atoms with Crippen LogP contribution >= 0.6 is 0 Å². The Morgan fingerprint density at radius 2 is 1.72 bits per heavy atom. The van der Waals surface area contributed by atoms with Gasteiger partial charge in [-0.15, -0.1) is 0 Å². The fourth-order valence-electron chi connectivity index (χ4n) is 5.51. The molecule has 0 saturated heterocycles. The minimum absolute atomic E-state index is 0.0540. The Kier molecular flexibility index (Phi) is 2.36. The number of carbonyl (C=O) groups excluding carboxylic acids is 1. The summed E-state index contributed by atoms with van der Waals surface area (Å²) in [4.78, 5) is 12.5. The van der Waals surface area contributed by atoms with Crippen LogP contribution in [0.4, 0.5) is 0 Å². The molecular weight excluding hydrogens is 228 g/mol. The van der Waals surface area contributed by atoms with Gasteiger partial charge in [0, 0.05) is 17.8 Å². The van der Waals surface area contributed by atoms with Gasteiger partial charge in [-0.25, -0.2) is 0 Å². The van der Waals surface area contributed by atoms with E-state index >= 15 is 0 Å². The van der Waals surface area contributed by atoms with E-state index in [0.29, 0.717) is 11.8 Å². The Bertz CT molecular complexity index is 385. The monoisotopic (exact) mass is 252 g/mol. The second-order valence-electron chi connectivity index (χ2n) is 7.60. The van der Waals surface area contributed by atoms with Crippen molar-refractivity contribution < 1.29 is 15.0 Å². The molecule has 0 heterocycles. The third-order valence-corrected chi connectivity index (χ3v) is 6.50. The van der Waals surface area contributed by atoms with Crippen molar-refractivity contribution in [2.45, 2.75) is 52.7 Å². The van der Waals surface area contributed by atoms with Gasteiger partial charge >= 0.3 is 0 Å². The number of aliphatic hydroxyl groups excluding tert-OH is 2. The lowest BCUT2D eigenvalue weighted by Gasteiger charge is -2.69. The molecule has 2 N–H and O–H groups in total. The predicted molar refractivity (Wildman–Crippen MR) is 67.8 cm³/mol. The number of hydrogen-bond donors (Lipinski definition) is 2. The average Bonchev–Trinajstić information content (AvgIpc) is 2.31. The van der Waals surface area contributed by atoms with Crippen LogP contribution in [-0.2, 0) is 4.79 Å². The van der Waals surface area contributed by atoms with Crippen LogP contribution in [0.15, 0.2) is 0 Å². The zero-order valence-electron chi connectivity index (χ0n) is 11.7. The molecule has 3 heteroatoms. The van der Waals surface area contributed by atoms with E-state index in [9.17, 15) is 15.0 Å². The van der Waals surface area contributed by atoms with E-state index in [1.807, 2.05) is 6.92 Å². The lowest BCUT2D eigenvalue weighted by molar-refractivity contribution is -0.249. The molecule has 4 bridgehead atoms. The largest absolute Gasteiger partial charge is 0.393 e. The van der Waals surface area contributed by atoms with E-state index < -0.39 is 11.5 Å². The molecule has 4 aliphatic rings. The topological polar surface area (TPSA) is 57.5 Å². The standard InChI is InChI=1S/C15H24O3/c1-7-5-8(16)12-13-11(7)15(12,4)10(18)6-9(17)14(13,2)3/h7-9,11-13,16-17H,5-6H2,1-4H3/t7-,8+,9-,11-,12+,13+,15+/m0/s1. The highest BCUT2D eigenvalue weighted by Gasteiger charge is 2.74. The number of hydrogen-bond acceptors (Lipinski definition) is 3. The Balaban J connectivity index is 2.13. The molecule has 18 heavy (non-hydrogen) atoms. The van der Waals surface area contributed by atoms with E-state index in [2.05, 4.69) is 20.8 Å². The first-order valence-electron chi connectivity index (χ1n) is 7.11. The van der Waals surface area contributed by atoms with Gasteiger partial charge in [-0.3, -0.25) is 4.79 Å². The van der Waals surface area contributed by atoms with Gasteiger partial charge in [-0.2, -0.15) is 0 Å². The third-order valence-electron chi connectivity index (χ3n) is 6.50. The molecule has 4 aliphatic carbocycles. The second kappa shape index (κ2) is 3.37. The highest BCUT2D eigenvalue weighted by molar-refractivity contribution is 5.88. The van der Waals surface area contributed by atoms with E-state index in [-0.39, 0.29) is 35.6 Å². The maximum absolute atomic E-state index is 12.5. The summed E-state index contributed by atoms with van der Waals surface area (Å²) in [6.45, 7) is 8.29. The summed E-state index contributed by atoms with van der Waals surface area (Å²) in [5.41, 5.74) is -0.660. The molecule has 0 amide bonds. The first kappa shape index (κ1) is 12.6. The van der Waals surface area contributed by atoms with Crippen molar-refractivity contribution in [1.29, 1.82) is 0 Å². The third kappa shape index (κ3) is 1.16. The fourth-order valence-corrected chi connectivity index (χ4v) is 5.51. The van der Waals surface area contributed by atoms with Crippen molar-refractivity contribution >= 4 is 5.78 Å². The number of ketones is 1. The maximum Gasteiger partial charge on any atom is 0.142 e. The number of rotatable bonds is 0. The van der Waals surface area contributed by atoms with Crippen LogP contribution in [0.3, 0.4) is 0 Å². The quantitative estimate of drug-likeness (QED) is 0.688. The predicted octanol–water partition coefficient (Wildman–Crippen LogP) is 1.62. The highest BCUT2D eigenvalue weighted by Crippen LogP contribution is 2.72. The molecule has 0 aromatic carbocycles. The maximum atomic E-state index is 12.5. The molecule has 4 rings (SSSR count). The van der Waals surface area contributed by atoms with Crippen LogP contribution in [0.1, 0.15) is 40.5 Å². The van der Waals surface area contributed by atoms with Crippen LogP contribution in [-0.4, -0.2) is 28.2 Å². The van der Waals surface area contributed by atoms with E-state index in [1.165, 1.54) is 0 Å². The van der Waals surface area contributed by atoms with Gasteiger partial charge in [-0.05, 0) is 29.6 Å². The van der Waals surface area contributed by atoms with Gasteiger partial charge < -0.3 is 10.2 Å². The zero-order chi connectivity index (χ0) is 13.5. The first-order chi connectivity index (χ1) is 8.22. The van der Waals surface area contributed by atoms with Crippen molar-refractivity contribution in [3.8, 4) is 0 Å². The van der Waals surface area contributed by atoms with Gasteiger partial charge in [0.15, 0.2) is 0 Å². The summed E-state index contributed by atoms with van der Waals surface area (Å²) in [5, 5.41) is 20.7. The number of fused-ring (bicyclic) bond motifs is 2. The van der Waals surface area contributed by atoms with Crippen molar-refractivity contribution in [3.63, 3.8) is 0 Å². The molecule has 0 radical (unpaired) electrons. The lowest BCUT2D eigenvalue weighted by Crippen LogP contribution is -2.70. The van der Waals surface area contributed by atoms with Gasteiger partial charge in [0.1, 0.15) is 5.78 Å². The van der Waals surface area contributed by atoms with Crippen molar-refractivity contribution in [2.24, 2.45) is 34.5 Å². The van der Waals surface area contributed by atoms with E-state index in [4.69, 9.17) is 0 Å². The van der Waals surface area contributed by atoms with Crippen LogP contribution in [0.5, 0.6) is 0 Å². The van der Waals surface area contributed by atoms with Gasteiger partial charge in [-0.1, -0.05) is 27.7 Å². The summed E-state index contributed by atoms with van der Waals surface area (Å²) in [6, 6.07) is 0. The van der Waals surface area contributed by atoms with E-state index in [0.717, 1.165) is 6.42 Å². The molecule has 7 atom stereocenters.